The van der Waals surface area contributed by atoms with Crippen molar-refractivity contribution < 1.29 is 18.3 Å². The van der Waals surface area contributed by atoms with Crippen LogP contribution in [-0.4, -0.2) is 12.5 Å². The van der Waals surface area contributed by atoms with E-state index in [0.717, 1.165) is 4.90 Å². The molecule has 0 spiro atoms. The fourth-order valence-corrected chi connectivity index (χ4v) is 2.40. The Morgan fingerprint density at radius 1 is 1.32 bits per heavy atom. The first-order valence-corrected chi connectivity index (χ1v) is 6.51. The average molecular weight is 301 g/mol. The molecule has 0 fully saturated rings. The Bertz CT molecular complexity index is 569. The van der Waals surface area contributed by atoms with Crippen LogP contribution in [0.5, 0.6) is 5.75 Å². The molecule has 0 aliphatic heterocycles. The predicted octanol–water partition coefficient (Wildman–Crippen LogP) is 3.89. The quantitative estimate of drug-likeness (QED) is 0.841. The maximum absolute atomic E-state index is 12.0. The van der Waals surface area contributed by atoms with E-state index >= 15 is 0 Å². The van der Waals surface area contributed by atoms with E-state index in [-0.39, 0.29) is 11.7 Å². The van der Waals surface area contributed by atoms with Crippen molar-refractivity contribution in [1.29, 1.82) is 0 Å². The summed E-state index contributed by atoms with van der Waals surface area (Å²) in [6, 6.07) is 7.35. The summed E-state index contributed by atoms with van der Waals surface area (Å²) in [5.74, 6) is -0.227. The van der Waals surface area contributed by atoms with Gasteiger partial charge in [-0.25, -0.2) is 0 Å². The normalized spacial score (nSPS) is 10.5. The number of ether oxygens (including phenoxy) is 1. The Hall–Kier alpha value is -1.60. The molecule has 0 aliphatic rings. The number of alkyl halides is 2. The molecule has 0 unspecified atom stereocenters. The smallest absolute Gasteiger partial charge is 0.387 e. The summed E-state index contributed by atoms with van der Waals surface area (Å²) in [5.41, 5.74) is 0.501. The molecule has 0 saturated heterocycles. The highest BCUT2D eigenvalue weighted by Crippen LogP contribution is 2.21. The monoisotopic (exact) mass is 301 g/mol. The maximum atomic E-state index is 12.0. The van der Waals surface area contributed by atoms with Crippen molar-refractivity contribution >= 4 is 35.6 Å². The van der Waals surface area contributed by atoms with Crippen molar-refractivity contribution in [3.63, 3.8) is 0 Å². The molecule has 1 aromatic carbocycles. The van der Waals surface area contributed by atoms with Crippen molar-refractivity contribution in [2.75, 3.05) is 5.32 Å². The van der Waals surface area contributed by atoms with Crippen molar-refractivity contribution in [2.45, 2.75) is 11.5 Å². The Balaban J connectivity index is 2.01. The fraction of sp³-hybridized carbons (Fsp3) is 0.0833. The van der Waals surface area contributed by atoms with Crippen LogP contribution in [0.3, 0.4) is 0 Å². The second-order valence-electron chi connectivity index (χ2n) is 3.53. The van der Waals surface area contributed by atoms with E-state index in [1.54, 1.807) is 11.4 Å². The van der Waals surface area contributed by atoms with Crippen molar-refractivity contribution in [3.8, 4) is 5.75 Å². The molecule has 1 amide bonds. The molecule has 0 radical (unpaired) electrons. The first-order valence-electron chi connectivity index (χ1n) is 5.18. The standard InChI is InChI=1S/C12H9F2NO2S2/c13-12(14)17-8-3-1-7(2-4-8)15-11(16)10-5-9(18)6-19-10/h1-6,12,18H,(H,15,16). The van der Waals surface area contributed by atoms with Gasteiger partial charge in [0.25, 0.3) is 5.91 Å². The van der Waals surface area contributed by atoms with Gasteiger partial charge in [-0.1, -0.05) is 0 Å². The lowest BCUT2D eigenvalue weighted by atomic mass is 10.3. The van der Waals surface area contributed by atoms with Crippen LogP contribution in [-0.2, 0) is 0 Å². The molecule has 0 atom stereocenters. The zero-order valence-corrected chi connectivity index (χ0v) is 11.2. The summed E-state index contributed by atoms with van der Waals surface area (Å²) < 4.78 is 28.1. The highest BCUT2D eigenvalue weighted by Gasteiger charge is 2.09. The molecule has 2 rings (SSSR count). The van der Waals surface area contributed by atoms with Crippen LogP contribution in [0.1, 0.15) is 9.67 Å². The fourth-order valence-electron chi connectivity index (χ4n) is 1.36. The van der Waals surface area contributed by atoms with Gasteiger partial charge in [0.2, 0.25) is 0 Å². The Kier molecular flexibility index (Phi) is 4.39. The number of carbonyl (C=O) groups is 1. The first-order chi connectivity index (χ1) is 9.04. The van der Waals surface area contributed by atoms with Crippen molar-refractivity contribution in [3.05, 3.63) is 40.6 Å². The van der Waals surface area contributed by atoms with Gasteiger partial charge in [-0.3, -0.25) is 4.79 Å². The van der Waals surface area contributed by atoms with Crippen LogP contribution in [0.25, 0.3) is 0 Å². The van der Waals surface area contributed by atoms with Gasteiger partial charge in [0.05, 0.1) is 4.88 Å². The molecule has 3 nitrogen and oxygen atoms in total. The molecule has 100 valence electrons. The number of benzene rings is 1. The Morgan fingerprint density at radius 2 is 2.00 bits per heavy atom. The predicted molar refractivity (Wildman–Crippen MR) is 72.6 cm³/mol. The summed E-state index contributed by atoms with van der Waals surface area (Å²) in [5, 5.41) is 4.39. The third-order valence-corrected chi connectivity index (χ3v) is 3.51. The molecule has 1 N–H and O–H groups in total. The van der Waals surface area contributed by atoms with Gasteiger partial charge in [-0.05, 0) is 30.3 Å². The maximum Gasteiger partial charge on any atom is 0.387 e. The minimum atomic E-state index is -2.86. The summed E-state index contributed by atoms with van der Waals surface area (Å²) in [4.78, 5) is 13.0. The highest BCUT2D eigenvalue weighted by molar-refractivity contribution is 7.80. The molecule has 1 aromatic heterocycles. The van der Waals surface area contributed by atoms with Gasteiger partial charge in [0.15, 0.2) is 0 Å². The molecular weight excluding hydrogens is 292 g/mol. The van der Waals surface area contributed by atoms with Crippen molar-refractivity contribution in [1.82, 2.24) is 0 Å². The minimum absolute atomic E-state index is 0.0433. The number of carbonyl (C=O) groups excluding carboxylic acids is 1. The molecule has 0 saturated carbocycles. The van der Waals surface area contributed by atoms with E-state index in [9.17, 15) is 13.6 Å². The van der Waals surface area contributed by atoms with E-state index in [4.69, 9.17) is 0 Å². The largest absolute Gasteiger partial charge is 0.435 e. The summed E-state index contributed by atoms with van der Waals surface area (Å²) in [7, 11) is 0. The van der Waals surface area contributed by atoms with Gasteiger partial charge in [-0.2, -0.15) is 8.78 Å². The summed E-state index contributed by atoms with van der Waals surface area (Å²) in [6.45, 7) is -2.86. The number of thiol groups is 1. The molecule has 2 aromatic rings. The van der Waals surface area contributed by atoms with Gasteiger partial charge in [-0.15, -0.1) is 24.0 Å². The van der Waals surface area contributed by atoms with Gasteiger partial charge >= 0.3 is 6.61 Å². The molecule has 1 heterocycles. The molecule has 19 heavy (non-hydrogen) atoms. The lowest BCUT2D eigenvalue weighted by Gasteiger charge is -2.06. The number of rotatable bonds is 4. The molecular formula is C12H9F2NO2S2. The van der Waals surface area contributed by atoms with E-state index in [0.29, 0.717) is 10.6 Å². The third-order valence-electron chi connectivity index (χ3n) is 2.15. The SMILES string of the molecule is O=C(Nc1ccc(OC(F)F)cc1)c1cc(S)cs1. The highest BCUT2D eigenvalue weighted by atomic mass is 32.1. The van der Waals surface area contributed by atoms with Crippen LogP contribution < -0.4 is 10.1 Å². The van der Waals surface area contributed by atoms with Crippen LogP contribution in [0.4, 0.5) is 14.5 Å². The topological polar surface area (TPSA) is 38.3 Å². The summed E-state index contributed by atoms with van der Waals surface area (Å²) >= 11 is 5.39. The number of halogens is 2. The number of thiophene rings is 1. The Morgan fingerprint density at radius 3 is 2.53 bits per heavy atom. The zero-order chi connectivity index (χ0) is 13.8. The molecule has 0 aliphatic carbocycles. The van der Waals surface area contributed by atoms with Gasteiger partial charge in [0.1, 0.15) is 5.75 Å². The van der Waals surface area contributed by atoms with E-state index in [2.05, 4.69) is 22.7 Å². The van der Waals surface area contributed by atoms with Gasteiger partial charge in [0, 0.05) is 16.0 Å². The summed E-state index contributed by atoms with van der Waals surface area (Å²) in [6.07, 6.45) is 0. The van der Waals surface area contributed by atoms with E-state index < -0.39 is 6.61 Å². The first kappa shape index (κ1) is 13.8. The van der Waals surface area contributed by atoms with Crippen LogP contribution in [0.15, 0.2) is 40.6 Å². The second kappa shape index (κ2) is 6.03. The van der Waals surface area contributed by atoms with E-state index in [1.165, 1.54) is 35.6 Å². The van der Waals surface area contributed by atoms with Crippen LogP contribution in [0.2, 0.25) is 0 Å². The van der Waals surface area contributed by atoms with Crippen LogP contribution >= 0.6 is 24.0 Å². The van der Waals surface area contributed by atoms with Crippen LogP contribution in [0, 0.1) is 0 Å². The number of anilines is 1. The Labute approximate surface area is 117 Å². The lowest BCUT2D eigenvalue weighted by Crippen LogP contribution is -2.10. The number of amides is 1. The third kappa shape index (κ3) is 3.93. The number of hydrogen-bond acceptors (Lipinski definition) is 4. The number of nitrogens with one attached hydrogen (secondary N) is 1. The average Bonchev–Trinajstić information content (AvgIpc) is 2.78. The second-order valence-corrected chi connectivity index (χ2v) is 4.95. The lowest BCUT2D eigenvalue weighted by molar-refractivity contribution is -0.0498. The molecule has 7 heteroatoms. The van der Waals surface area contributed by atoms with Crippen molar-refractivity contribution in [2.24, 2.45) is 0 Å². The van der Waals surface area contributed by atoms with Gasteiger partial charge < -0.3 is 10.1 Å². The number of hydrogen-bond donors (Lipinski definition) is 2. The zero-order valence-electron chi connectivity index (χ0n) is 9.47. The molecule has 0 bridgehead atoms. The van der Waals surface area contributed by atoms with E-state index in [1.807, 2.05) is 0 Å². The minimum Gasteiger partial charge on any atom is -0.435 e.